The highest BCUT2D eigenvalue weighted by Crippen LogP contribution is 2.28. The lowest BCUT2D eigenvalue weighted by Crippen LogP contribution is -2.23. The number of benzene rings is 1. The number of ether oxygens (including phenoxy) is 1. The number of nitriles is 1. The quantitative estimate of drug-likeness (QED) is 0.392. The zero-order valence-corrected chi connectivity index (χ0v) is 20.7. The molecule has 8 nitrogen and oxygen atoms in total. The summed E-state index contributed by atoms with van der Waals surface area (Å²) in [7, 11) is 0. The monoisotopic (exact) mass is 523 g/mol. The van der Waals surface area contributed by atoms with Crippen molar-refractivity contribution in [3.63, 3.8) is 0 Å². The maximum Gasteiger partial charge on any atom is 0.277 e. The highest BCUT2D eigenvalue weighted by Gasteiger charge is 2.21. The first-order valence-electron chi connectivity index (χ1n) is 10.9. The van der Waals surface area contributed by atoms with Crippen LogP contribution in [-0.2, 0) is 12.2 Å². The Hall–Kier alpha value is -4.20. The molecule has 0 saturated heterocycles. The SMILES string of the molecule is Cc1cc(OCc2ncc(F)cc2F)c(Cl)c(=O)n1-c1cc(-c2ccnc(C(C)(C)O)n2)ccc1C#N. The van der Waals surface area contributed by atoms with Gasteiger partial charge in [0.15, 0.2) is 11.6 Å². The molecule has 0 amide bonds. The Bertz CT molecular complexity index is 1610. The van der Waals surface area contributed by atoms with E-state index in [9.17, 15) is 23.9 Å². The lowest BCUT2D eigenvalue weighted by Gasteiger charge is -2.17. The average Bonchev–Trinajstić information content (AvgIpc) is 2.86. The van der Waals surface area contributed by atoms with Gasteiger partial charge in [0.1, 0.15) is 40.6 Å². The summed E-state index contributed by atoms with van der Waals surface area (Å²) in [6.07, 6.45) is 2.36. The molecule has 4 aromatic rings. The fourth-order valence-electron chi connectivity index (χ4n) is 3.57. The summed E-state index contributed by atoms with van der Waals surface area (Å²) in [6.45, 7) is 4.36. The largest absolute Gasteiger partial charge is 0.485 e. The molecule has 4 rings (SSSR count). The van der Waals surface area contributed by atoms with E-state index < -0.39 is 22.8 Å². The molecule has 0 spiro atoms. The summed E-state index contributed by atoms with van der Waals surface area (Å²) in [5, 5.41) is 19.7. The summed E-state index contributed by atoms with van der Waals surface area (Å²) in [4.78, 5) is 25.4. The van der Waals surface area contributed by atoms with Crippen molar-refractivity contribution in [2.45, 2.75) is 33.0 Å². The lowest BCUT2D eigenvalue weighted by molar-refractivity contribution is 0.0688. The fraction of sp³-hybridized carbons (Fsp3) is 0.192. The minimum absolute atomic E-state index is 0.0220. The van der Waals surface area contributed by atoms with E-state index in [0.717, 1.165) is 6.20 Å². The van der Waals surface area contributed by atoms with Gasteiger partial charge >= 0.3 is 0 Å². The number of aromatic nitrogens is 4. The van der Waals surface area contributed by atoms with Crippen molar-refractivity contribution in [1.29, 1.82) is 5.26 Å². The maximum atomic E-state index is 13.9. The van der Waals surface area contributed by atoms with Gasteiger partial charge in [0.05, 0.1) is 23.1 Å². The Balaban J connectivity index is 1.76. The van der Waals surface area contributed by atoms with Crippen molar-refractivity contribution in [2.24, 2.45) is 0 Å². The van der Waals surface area contributed by atoms with E-state index in [-0.39, 0.29) is 40.1 Å². The third-order valence-corrected chi connectivity index (χ3v) is 5.75. The van der Waals surface area contributed by atoms with E-state index in [1.165, 1.54) is 16.8 Å². The second-order valence-corrected chi connectivity index (χ2v) is 9.02. The number of rotatable bonds is 6. The highest BCUT2D eigenvalue weighted by molar-refractivity contribution is 6.31. The molecule has 0 aliphatic rings. The molecule has 0 atom stereocenters. The van der Waals surface area contributed by atoms with Crippen LogP contribution in [0.15, 0.2) is 53.6 Å². The Kier molecular flexibility index (Phi) is 7.03. The topological polar surface area (TPSA) is 114 Å². The smallest absolute Gasteiger partial charge is 0.277 e. The Morgan fingerprint density at radius 2 is 1.95 bits per heavy atom. The Morgan fingerprint density at radius 1 is 1.19 bits per heavy atom. The van der Waals surface area contributed by atoms with E-state index in [2.05, 4.69) is 21.0 Å². The molecule has 1 N–H and O–H groups in total. The number of hydrogen-bond acceptors (Lipinski definition) is 7. The second kappa shape index (κ2) is 10.0. The van der Waals surface area contributed by atoms with Gasteiger partial charge in [-0.1, -0.05) is 17.7 Å². The van der Waals surface area contributed by atoms with Crippen LogP contribution in [0.3, 0.4) is 0 Å². The van der Waals surface area contributed by atoms with Gasteiger partial charge in [-0.2, -0.15) is 5.26 Å². The molecule has 3 aromatic heterocycles. The molecule has 37 heavy (non-hydrogen) atoms. The molecule has 188 valence electrons. The average molecular weight is 524 g/mol. The van der Waals surface area contributed by atoms with E-state index >= 15 is 0 Å². The summed E-state index contributed by atoms with van der Waals surface area (Å²) in [6, 6.07) is 10.7. The molecule has 0 aliphatic carbocycles. The van der Waals surface area contributed by atoms with Crippen LogP contribution in [-0.4, -0.2) is 24.6 Å². The predicted molar refractivity (Wildman–Crippen MR) is 131 cm³/mol. The van der Waals surface area contributed by atoms with Crippen LogP contribution in [0.4, 0.5) is 8.78 Å². The van der Waals surface area contributed by atoms with E-state index in [1.54, 1.807) is 45.0 Å². The van der Waals surface area contributed by atoms with Gasteiger partial charge in [-0.3, -0.25) is 14.3 Å². The van der Waals surface area contributed by atoms with Gasteiger partial charge in [-0.25, -0.2) is 18.7 Å². The molecule has 11 heteroatoms. The molecule has 3 heterocycles. The molecule has 1 aromatic carbocycles. The number of hydrogen-bond donors (Lipinski definition) is 1. The number of halogens is 3. The molecular weight excluding hydrogens is 504 g/mol. The normalized spacial score (nSPS) is 11.3. The van der Waals surface area contributed by atoms with Crippen LogP contribution in [0.5, 0.6) is 5.75 Å². The van der Waals surface area contributed by atoms with Crippen LogP contribution in [0.1, 0.15) is 36.6 Å². The molecule has 0 aliphatic heterocycles. The van der Waals surface area contributed by atoms with Crippen LogP contribution >= 0.6 is 11.6 Å². The highest BCUT2D eigenvalue weighted by atomic mass is 35.5. The van der Waals surface area contributed by atoms with Crippen LogP contribution in [0.25, 0.3) is 16.9 Å². The zero-order valence-electron chi connectivity index (χ0n) is 20.0. The lowest BCUT2D eigenvalue weighted by atomic mass is 10.0. The standard InChI is InChI=1S/C26H20ClF2N5O3/c1-14-8-22(37-13-20-18(29)10-17(28)12-32-20)23(27)24(35)34(14)21-9-15(4-5-16(21)11-30)19-6-7-31-25(33-19)26(2,3)36/h4-10,12,36H,13H2,1-3H3. The first-order valence-corrected chi connectivity index (χ1v) is 11.3. The first-order chi connectivity index (χ1) is 17.5. The van der Waals surface area contributed by atoms with Gasteiger partial charge < -0.3 is 9.84 Å². The van der Waals surface area contributed by atoms with E-state index in [0.29, 0.717) is 23.0 Å². The third-order valence-electron chi connectivity index (χ3n) is 5.41. The molecule has 0 unspecified atom stereocenters. The van der Waals surface area contributed by atoms with Crippen molar-refractivity contribution in [1.82, 2.24) is 19.5 Å². The molecular formula is C26H20ClF2N5O3. The summed E-state index contributed by atoms with van der Waals surface area (Å²) < 4.78 is 33.8. The van der Waals surface area contributed by atoms with E-state index in [1.807, 2.05) is 0 Å². The zero-order chi connectivity index (χ0) is 26.9. The third kappa shape index (κ3) is 5.33. The molecule has 0 bridgehead atoms. The Morgan fingerprint density at radius 3 is 2.62 bits per heavy atom. The van der Waals surface area contributed by atoms with Crippen molar-refractivity contribution < 1.29 is 18.6 Å². The molecule has 0 fully saturated rings. The van der Waals surface area contributed by atoms with Crippen molar-refractivity contribution in [3.8, 4) is 28.8 Å². The Labute approximate surface area is 215 Å². The van der Waals surface area contributed by atoms with Gasteiger partial charge in [-0.15, -0.1) is 0 Å². The molecule has 0 saturated carbocycles. The second-order valence-electron chi connectivity index (χ2n) is 8.64. The first kappa shape index (κ1) is 25.9. The number of aliphatic hydroxyl groups is 1. The predicted octanol–water partition coefficient (Wildman–Crippen LogP) is 4.61. The van der Waals surface area contributed by atoms with Crippen LogP contribution in [0.2, 0.25) is 5.02 Å². The summed E-state index contributed by atoms with van der Waals surface area (Å²) in [5.41, 5.74) is -0.212. The van der Waals surface area contributed by atoms with Crippen LogP contribution in [0, 0.1) is 29.9 Å². The van der Waals surface area contributed by atoms with Crippen LogP contribution < -0.4 is 10.3 Å². The van der Waals surface area contributed by atoms with E-state index in [4.69, 9.17) is 16.3 Å². The summed E-state index contributed by atoms with van der Waals surface area (Å²) >= 11 is 6.31. The van der Waals surface area contributed by atoms with Crippen molar-refractivity contribution >= 4 is 11.6 Å². The van der Waals surface area contributed by atoms with Gasteiger partial charge in [0, 0.05) is 29.6 Å². The van der Waals surface area contributed by atoms with Gasteiger partial charge in [-0.05, 0) is 39.0 Å². The van der Waals surface area contributed by atoms with Gasteiger partial charge in [0.2, 0.25) is 0 Å². The number of aryl methyl sites for hydroxylation is 1. The fourth-order valence-corrected chi connectivity index (χ4v) is 3.76. The molecule has 0 radical (unpaired) electrons. The van der Waals surface area contributed by atoms with Crippen molar-refractivity contribution in [2.75, 3.05) is 0 Å². The minimum atomic E-state index is -1.27. The summed E-state index contributed by atoms with van der Waals surface area (Å²) in [5.74, 6) is -1.53. The minimum Gasteiger partial charge on any atom is -0.485 e. The maximum absolute atomic E-state index is 13.9. The van der Waals surface area contributed by atoms with Crippen molar-refractivity contribution in [3.05, 3.63) is 98.6 Å². The number of nitrogens with zero attached hydrogens (tertiary/aromatic N) is 5. The van der Waals surface area contributed by atoms with Gasteiger partial charge in [0.25, 0.3) is 5.56 Å². The number of pyridine rings is 2.